The molecule has 0 bridgehead atoms. The quantitative estimate of drug-likeness (QED) is 0.646. The fourth-order valence-electron chi connectivity index (χ4n) is 2.14. The van der Waals surface area contributed by atoms with Crippen molar-refractivity contribution in [3.8, 4) is 0 Å². The molecule has 0 amide bonds. The molecule has 3 nitrogen and oxygen atoms in total. The summed E-state index contributed by atoms with van der Waals surface area (Å²) in [6, 6.07) is 0. The molecule has 0 aromatic rings. The van der Waals surface area contributed by atoms with Crippen LogP contribution in [-0.2, 0) is 9.53 Å². The monoisotopic (exact) mass is 199 g/mol. The predicted molar refractivity (Wildman–Crippen MR) is 56.0 cm³/mol. The number of carbonyl (C=O) groups is 1. The van der Waals surface area contributed by atoms with Crippen molar-refractivity contribution < 1.29 is 9.53 Å². The Balaban J connectivity index is 2.33. The van der Waals surface area contributed by atoms with E-state index in [0.717, 1.165) is 19.5 Å². The molecular weight excluding hydrogens is 178 g/mol. The number of ether oxygens (including phenoxy) is 1. The molecule has 2 atom stereocenters. The molecule has 0 aliphatic carbocycles. The van der Waals surface area contributed by atoms with Gasteiger partial charge in [-0.15, -0.1) is 0 Å². The molecule has 0 aromatic carbocycles. The molecule has 0 spiro atoms. The number of esters is 1. The molecule has 0 N–H and O–H groups in total. The van der Waals surface area contributed by atoms with E-state index in [2.05, 4.69) is 18.9 Å². The summed E-state index contributed by atoms with van der Waals surface area (Å²) >= 11 is 0. The molecule has 14 heavy (non-hydrogen) atoms. The highest BCUT2D eigenvalue weighted by atomic mass is 16.5. The lowest BCUT2D eigenvalue weighted by atomic mass is 9.85. The van der Waals surface area contributed by atoms with E-state index in [-0.39, 0.29) is 5.97 Å². The Morgan fingerprint density at radius 3 is 2.86 bits per heavy atom. The van der Waals surface area contributed by atoms with E-state index < -0.39 is 0 Å². The van der Waals surface area contributed by atoms with Crippen LogP contribution in [0.15, 0.2) is 0 Å². The highest BCUT2D eigenvalue weighted by molar-refractivity contribution is 5.69. The van der Waals surface area contributed by atoms with Crippen molar-refractivity contribution in [2.45, 2.75) is 26.7 Å². The smallest absolute Gasteiger partial charge is 0.306 e. The van der Waals surface area contributed by atoms with Gasteiger partial charge in [0, 0.05) is 13.0 Å². The zero-order valence-electron chi connectivity index (χ0n) is 9.45. The summed E-state index contributed by atoms with van der Waals surface area (Å²) in [5, 5.41) is 0. The third-order valence-electron chi connectivity index (χ3n) is 3.02. The Morgan fingerprint density at radius 1 is 1.57 bits per heavy atom. The van der Waals surface area contributed by atoms with Crippen molar-refractivity contribution in [3.63, 3.8) is 0 Å². The molecule has 0 radical (unpaired) electrons. The van der Waals surface area contributed by atoms with Gasteiger partial charge in [-0.2, -0.15) is 0 Å². The molecule has 0 saturated carbocycles. The molecule has 2 unspecified atom stereocenters. The van der Waals surface area contributed by atoms with E-state index in [1.807, 2.05) is 6.92 Å². The molecule has 82 valence electrons. The van der Waals surface area contributed by atoms with E-state index >= 15 is 0 Å². The van der Waals surface area contributed by atoms with Crippen molar-refractivity contribution in [1.82, 2.24) is 4.90 Å². The third kappa shape index (κ3) is 3.29. The maximum atomic E-state index is 11.3. The first-order chi connectivity index (χ1) is 6.63. The number of likely N-dealkylation sites (tertiary alicyclic amines) is 1. The van der Waals surface area contributed by atoms with Gasteiger partial charge in [0.25, 0.3) is 0 Å². The van der Waals surface area contributed by atoms with Crippen molar-refractivity contribution in [2.24, 2.45) is 11.8 Å². The number of rotatable bonds is 3. The minimum Gasteiger partial charge on any atom is -0.466 e. The predicted octanol–water partition coefficient (Wildman–Crippen LogP) is 1.53. The van der Waals surface area contributed by atoms with Gasteiger partial charge < -0.3 is 9.64 Å². The first-order valence-corrected chi connectivity index (χ1v) is 5.47. The van der Waals surface area contributed by atoms with Crippen molar-refractivity contribution >= 4 is 5.97 Å². The fraction of sp³-hybridized carbons (Fsp3) is 0.909. The van der Waals surface area contributed by atoms with E-state index in [1.165, 1.54) is 0 Å². The van der Waals surface area contributed by atoms with E-state index in [1.54, 1.807) is 0 Å². The van der Waals surface area contributed by atoms with Crippen LogP contribution in [0.1, 0.15) is 26.7 Å². The molecule has 1 fully saturated rings. The summed E-state index contributed by atoms with van der Waals surface area (Å²) in [5.74, 6) is 1.09. The average Bonchev–Trinajstić information content (AvgIpc) is 2.10. The lowest BCUT2D eigenvalue weighted by Crippen LogP contribution is -2.37. The summed E-state index contributed by atoms with van der Waals surface area (Å²) in [6.07, 6.45) is 1.72. The average molecular weight is 199 g/mol. The topological polar surface area (TPSA) is 29.5 Å². The molecule has 1 aliphatic heterocycles. The molecule has 3 heteroatoms. The normalized spacial score (nSPS) is 28.8. The second-order valence-electron chi connectivity index (χ2n) is 4.30. The van der Waals surface area contributed by atoms with E-state index in [9.17, 15) is 4.79 Å². The van der Waals surface area contributed by atoms with Crippen LogP contribution in [0.2, 0.25) is 0 Å². The Morgan fingerprint density at radius 2 is 2.29 bits per heavy atom. The van der Waals surface area contributed by atoms with Crippen LogP contribution in [0.4, 0.5) is 0 Å². The highest BCUT2D eigenvalue weighted by Gasteiger charge is 2.26. The van der Waals surface area contributed by atoms with Crippen molar-refractivity contribution in [3.05, 3.63) is 0 Å². The summed E-state index contributed by atoms with van der Waals surface area (Å²) < 4.78 is 4.97. The molecule has 0 aromatic heterocycles. The second-order valence-corrected chi connectivity index (χ2v) is 4.30. The highest BCUT2D eigenvalue weighted by Crippen LogP contribution is 2.25. The van der Waals surface area contributed by atoms with Crippen LogP contribution in [0.3, 0.4) is 0 Å². The SMILES string of the molecule is CCOC(=O)CC1CCN(C)CC1C. The Kier molecular flexibility index (Phi) is 4.39. The zero-order chi connectivity index (χ0) is 10.6. The first-order valence-electron chi connectivity index (χ1n) is 5.47. The summed E-state index contributed by atoms with van der Waals surface area (Å²) in [5.41, 5.74) is 0. The van der Waals surface area contributed by atoms with Gasteiger partial charge in [0.15, 0.2) is 0 Å². The van der Waals surface area contributed by atoms with Gasteiger partial charge >= 0.3 is 5.97 Å². The van der Waals surface area contributed by atoms with Gasteiger partial charge in [0.2, 0.25) is 0 Å². The summed E-state index contributed by atoms with van der Waals surface area (Å²) in [6.45, 7) is 6.79. The van der Waals surface area contributed by atoms with Gasteiger partial charge in [-0.25, -0.2) is 0 Å². The number of nitrogens with zero attached hydrogens (tertiary/aromatic N) is 1. The zero-order valence-corrected chi connectivity index (χ0v) is 9.45. The summed E-state index contributed by atoms with van der Waals surface area (Å²) in [4.78, 5) is 13.6. The van der Waals surface area contributed by atoms with Gasteiger partial charge in [-0.3, -0.25) is 4.79 Å². The maximum Gasteiger partial charge on any atom is 0.306 e. The van der Waals surface area contributed by atoms with Crippen LogP contribution < -0.4 is 0 Å². The Bertz CT molecular complexity index is 194. The summed E-state index contributed by atoms with van der Waals surface area (Å²) in [7, 11) is 2.14. The van der Waals surface area contributed by atoms with Crippen molar-refractivity contribution in [2.75, 3.05) is 26.7 Å². The number of carbonyl (C=O) groups excluding carboxylic acids is 1. The van der Waals surface area contributed by atoms with Gasteiger partial charge in [-0.1, -0.05) is 6.92 Å². The third-order valence-corrected chi connectivity index (χ3v) is 3.02. The van der Waals surface area contributed by atoms with Crippen LogP contribution in [0, 0.1) is 11.8 Å². The van der Waals surface area contributed by atoms with E-state index in [0.29, 0.717) is 24.9 Å². The standard InChI is InChI=1S/C11H21NO2/c1-4-14-11(13)7-10-5-6-12(3)8-9(10)2/h9-10H,4-8H2,1-3H3. The van der Waals surface area contributed by atoms with Crippen LogP contribution in [0.5, 0.6) is 0 Å². The number of piperidine rings is 1. The number of hydrogen-bond acceptors (Lipinski definition) is 3. The molecule has 1 saturated heterocycles. The molecular formula is C11H21NO2. The van der Waals surface area contributed by atoms with Crippen molar-refractivity contribution in [1.29, 1.82) is 0 Å². The molecule has 1 rings (SSSR count). The van der Waals surface area contributed by atoms with Crippen LogP contribution >= 0.6 is 0 Å². The first kappa shape index (κ1) is 11.5. The maximum absolute atomic E-state index is 11.3. The number of hydrogen-bond donors (Lipinski definition) is 0. The Hall–Kier alpha value is -0.570. The van der Waals surface area contributed by atoms with Gasteiger partial charge in [0.05, 0.1) is 6.61 Å². The lowest BCUT2D eigenvalue weighted by molar-refractivity contribution is -0.145. The fourth-order valence-corrected chi connectivity index (χ4v) is 2.14. The minimum absolute atomic E-state index is 0.0334. The molecule has 1 aliphatic rings. The van der Waals surface area contributed by atoms with E-state index in [4.69, 9.17) is 4.74 Å². The Labute approximate surface area is 86.4 Å². The van der Waals surface area contributed by atoms with Gasteiger partial charge in [0.1, 0.15) is 0 Å². The minimum atomic E-state index is -0.0334. The second kappa shape index (κ2) is 5.35. The lowest BCUT2D eigenvalue weighted by Gasteiger charge is -2.34. The largest absolute Gasteiger partial charge is 0.466 e. The van der Waals surface area contributed by atoms with Crippen LogP contribution in [-0.4, -0.2) is 37.6 Å². The van der Waals surface area contributed by atoms with Crippen LogP contribution in [0.25, 0.3) is 0 Å². The molecule has 1 heterocycles. The van der Waals surface area contributed by atoms with Gasteiger partial charge in [-0.05, 0) is 38.8 Å².